The van der Waals surface area contributed by atoms with E-state index in [4.69, 9.17) is 4.74 Å². The zero-order valence-corrected chi connectivity index (χ0v) is 23.4. The topological polar surface area (TPSA) is 79.0 Å². The Bertz CT molecular complexity index is 1360. The van der Waals surface area contributed by atoms with E-state index >= 15 is 0 Å². The summed E-state index contributed by atoms with van der Waals surface area (Å²) >= 11 is 0. The molecule has 0 saturated carbocycles. The van der Waals surface area contributed by atoms with Gasteiger partial charge in [0.2, 0.25) is 5.91 Å². The molecular weight excluding hydrogens is 502 g/mol. The van der Waals surface area contributed by atoms with E-state index in [1.54, 1.807) is 11.0 Å². The van der Waals surface area contributed by atoms with Gasteiger partial charge in [0.15, 0.2) is 0 Å². The Balaban J connectivity index is 1.37. The van der Waals surface area contributed by atoms with Gasteiger partial charge in [-0.15, -0.1) is 0 Å². The lowest BCUT2D eigenvalue weighted by molar-refractivity contribution is -0.128. The lowest BCUT2D eigenvalue weighted by Crippen LogP contribution is -2.60. The Morgan fingerprint density at radius 3 is 2.27 bits per heavy atom. The molecule has 2 atom stereocenters. The summed E-state index contributed by atoms with van der Waals surface area (Å²) in [6, 6.07) is 23.9. The first kappa shape index (κ1) is 27.6. The zero-order chi connectivity index (χ0) is 28.3. The SMILES string of the molecule is CCc1ccc(C(=O)N2CCC3(CC2)OC[C@H](C(=O)N[C@@H](C)c2ccccc2)N3C(=O)c2cccc(C)c2)cc1. The third kappa shape index (κ3) is 5.52. The molecule has 1 N–H and O–H groups in total. The third-order valence-corrected chi connectivity index (χ3v) is 8.15. The van der Waals surface area contributed by atoms with Crippen molar-refractivity contribution in [1.82, 2.24) is 15.1 Å². The molecular formula is C33H37N3O4. The summed E-state index contributed by atoms with van der Waals surface area (Å²) in [4.78, 5) is 44.4. The molecule has 2 saturated heterocycles. The Labute approximate surface area is 236 Å². The molecule has 0 aliphatic carbocycles. The van der Waals surface area contributed by atoms with E-state index in [9.17, 15) is 14.4 Å². The molecule has 7 nitrogen and oxygen atoms in total. The fraction of sp³-hybridized carbons (Fsp3) is 0.364. The number of nitrogens with one attached hydrogen (secondary N) is 1. The van der Waals surface area contributed by atoms with Gasteiger partial charge in [0.25, 0.3) is 11.8 Å². The van der Waals surface area contributed by atoms with E-state index in [2.05, 4.69) is 12.2 Å². The summed E-state index contributed by atoms with van der Waals surface area (Å²) < 4.78 is 6.36. The van der Waals surface area contributed by atoms with Gasteiger partial charge in [-0.2, -0.15) is 0 Å². The second kappa shape index (κ2) is 11.6. The van der Waals surface area contributed by atoms with Gasteiger partial charge in [0, 0.05) is 37.1 Å². The van der Waals surface area contributed by atoms with Crippen molar-refractivity contribution in [3.05, 3.63) is 107 Å². The lowest BCUT2D eigenvalue weighted by Gasteiger charge is -2.44. The maximum Gasteiger partial charge on any atom is 0.256 e. The first-order chi connectivity index (χ1) is 19.3. The van der Waals surface area contributed by atoms with Crippen LogP contribution in [0.15, 0.2) is 78.9 Å². The fourth-order valence-corrected chi connectivity index (χ4v) is 5.74. The number of ether oxygens (including phenoxy) is 1. The maximum atomic E-state index is 14.0. The van der Waals surface area contributed by atoms with Gasteiger partial charge in [-0.05, 0) is 55.7 Å². The van der Waals surface area contributed by atoms with E-state index in [1.165, 1.54) is 5.56 Å². The largest absolute Gasteiger partial charge is 0.353 e. The number of piperidine rings is 1. The third-order valence-electron chi connectivity index (χ3n) is 8.15. The number of rotatable bonds is 6. The van der Waals surface area contributed by atoms with Crippen molar-refractivity contribution < 1.29 is 19.1 Å². The van der Waals surface area contributed by atoms with Crippen molar-refractivity contribution in [2.45, 2.75) is 57.8 Å². The number of benzene rings is 3. The van der Waals surface area contributed by atoms with Gasteiger partial charge in [-0.3, -0.25) is 19.3 Å². The molecule has 40 heavy (non-hydrogen) atoms. The molecule has 2 fully saturated rings. The highest BCUT2D eigenvalue weighted by Gasteiger charge is 2.54. The number of hydrogen-bond donors (Lipinski definition) is 1. The summed E-state index contributed by atoms with van der Waals surface area (Å²) in [5, 5.41) is 3.09. The van der Waals surface area contributed by atoms with Gasteiger partial charge in [-0.1, -0.05) is 67.1 Å². The van der Waals surface area contributed by atoms with Crippen LogP contribution in [0.5, 0.6) is 0 Å². The summed E-state index contributed by atoms with van der Waals surface area (Å²) in [7, 11) is 0. The summed E-state index contributed by atoms with van der Waals surface area (Å²) in [6.45, 7) is 6.93. The van der Waals surface area contributed by atoms with Crippen molar-refractivity contribution in [1.29, 1.82) is 0 Å². The Kier molecular flexibility index (Phi) is 8.03. The van der Waals surface area contributed by atoms with Crippen molar-refractivity contribution in [3.8, 4) is 0 Å². The minimum atomic E-state index is -0.957. The molecule has 3 aromatic carbocycles. The van der Waals surface area contributed by atoms with Crippen LogP contribution in [-0.2, 0) is 16.0 Å². The molecule has 0 radical (unpaired) electrons. The van der Waals surface area contributed by atoms with Crippen molar-refractivity contribution in [2.75, 3.05) is 19.7 Å². The Morgan fingerprint density at radius 1 is 0.925 bits per heavy atom. The molecule has 2 aliphatic rings. The van der Waals surface area contributed by atoms with Gasteiger partial charge >= 0.3 is 0 Å². The van der Waals surface area contributed by atoms with E-state index in [1.807, 2.05) is 91.5 Å². The highest BCUT2D eigenvalue weighted by Crippen LogP contribution is 2.39. The van der Waals surface area contributed by atoms with Crippen LogP contribution in [0.3, 0.4) is 0 Å². The molecule has 0 unspecified atom stereocenters. The molecule has 208 valence electrons. The van der Waals surface area contributed by atoms with Crippen LogP contribution in [0.25, 0.3) is 0 Å². The van der Waals surface area contributed by atoms with Crippen LogP contribution in [0, 0.1) is 6.92 Å². The van der Waals surface area contributed by atoms with E-state index in [0.717, 1.165) is 17.5 Å². The van der Waals surface area contributed by atoms with Crippen LogP contribution in [-0.4, -0.2) is 59.0 Å². The van der Waals surface area contributed by atoms with Crippen LogP contribution >= 0.6 is 0 Å². The number of aryl methyl sites for hydroxylation is 2. The molecule has 5 rings (SSSR count). The van der Waals surface area contributed by atoms with Crippen LogP contribution < -0.4 is 5.32 Å². The van der Waals surface area contributed by atoms with E-state index < -0.39 is 11.8 Å². The quantitative estimate of drug-likeness (QED) is 0.483. The number of hydrogen-bond acceptors (Lipinski definition) is 4. The second-order valence-corrected chi connectivity index (χ2v) is 10.8. The van der Waals surface area contributed by atoms with E-state index in [0.29, 0.717) is 37.1 Å². The van der Waals surface area contributed by atoms with Crippen molar-refractivity contribution >= 4 is 17.7 Å². The number of nitrogens with zero attached hydrogens (tertiary/aromatic N) is 2. The minimum absolute atomic E-state index is 0.0296. The van der Waals surface area contributed by atoms with Crippen LogP contribution in [0.4, 0.5) is 0 Å². The predicted octanol–water partition coefficient (Wildman–Crippen LogP) is 4.91. The van der Waals surface area contributed by atoms with Crippen LogP contribution in [0.2, 0.25) is 0 Å². The first-order valence-electron chi connectivity index (χ1n) is 14.1. The molecule has 2 heterocycles. The standard InChI is InChI=1S/C33H37N3O4/c1-4-25-13-15-27(16-14-25)31(38)35-19-17-33(18-20-35)36(32(39)28-12-8-9-23(2)21-28)29(22-40-33)30(37)34-24(3)26-10-6-5-7-11-26/h5-16,21,24,29H,4,17-20,22H2,1-3H3,(H,34,37)/t24-,29+/m0/s1. The van der Waals surface area contributed by atoms with Gasteiger partial charge in [0.05, 0.1) is 12.6 Å². The number of amides is 3. The van der Waals surface area contributed by atoms with Crippen LogP contribution in [0.1, 0.15) is 70.1 Å². The minimum Gasteiger partial charge on any atom is -0.353 e. The number of carbonyl (C=O) groups excluding carboxylic acids is 3. The summed E-state index contributed by atoms with van der Waals surface area (Å²) in [6.07, 6.45) is 1.78. The highest BCUT2D eigenvalue weighted by atomic mass is 16.5. The van der Waals surface area contributed by atoms with Gasteiger partial charge < -0.3 is 15.0 Å². The Hall–Kier alpha value is -3.97. The molecule has 7 heteroatoms. The molecule has 0 bridgehead atoms. The maximum absolute atomic E-state index is 14.0. The molecule has 3 amide bonds. The number of likely N-dealkylation sites (tertiary alicyclic amines) is 1. The molecule has 2 aliphatic heterocycles. The molecule has 1 spiro atoms. The summed E-state index contributed by atoms with van der Waals surface area (Å²) in [5.41, 5.74) is 3.35. The molecule has 3 aromatic rings. The average Bonchev–Trinajstić information content (AvgIpc) is 3.35. The molecule has 0 aromatic heterocycles. The lowest BCUT2D eigenvalue weighted by atomic mass is 9.95. The first-order valence-corrected chi connectivity index (χ1v) is 14.1. The van der Waals surface area contributed by atoms with Crippen molar-refractivity contribution in [2.24, 2.45) is 0 Å². The van der Waals surface area contributed by atoms with Gasteiger partial charge in [-0.25, -0.2) is 0 Å². The monoisotopic (exact) mass is 539 g/mol. The average molecular weight is 540 g/mol. The normalized spacial score (nSPS) is 18.9. The predicted molar refractivity (Wildman–Crippen MR) is 154 cm³/mol. The number of carbonyl (C=O) groups is 3. The summed E-state index contributed by atoms with van der Waals surface area (Å²) in [5.74, 6) is -0.509. The fourth-order valence-electron chi connectivity index (χ4n) is 5.74. The van der Waals surface area contributed by atoms with Gasteiger partial charge in [0.1, 0.15) is 11.8 Å². The van der Waals surface area contributed by atoms with E-state index in [-0.39, 0.29) is 30.4 Å². The smallest absolute Gasteiger partial charge is 0.256 e. The second-order valence-electron chi connectivity index (χ2n) is 10.8. The zero-order valence-electron chi connectivity index (χ0n) is 23.4. The Morgan fingerprint density at radius 2 is 1.62 bits per heavy atom. The highest BCUT2D eigenvalue weighted by molar-refractivity contribution is 5.99. The van der Waals surface area contributed by atoms with Crippen molar-refractivity contribution in [3.63, 3.8) is 0 Å².